The van der Waals surface area contributed by atoms with Gasteiger partial charge in [-0.05, 0) is 17.7 Å². The lowest BCUT2D eigenvalue weighted by Gasteiger charge is -2.11. The fourth-order valence-electron chi connectivity index (χ4n) is 1.23. The van der Waals surface area contributed by atoms with Gasteiger partial charge in [0, 0.05) is 14.1 Å². The molecule has 116 valence electrons. The lowest BCUT2D eigenvalue weighted by Crippen LogP contribution is -2.41. The Hall–Kier alpha value is -1.97. The van der Waals surface area contributed by atoms with Crippen molar-refractivity contribution >= 4 is 22.3 Å². The number of hydrazone groups is 1. The first kappa shape index (κ1) is 17.1. The van der Waals surface area contributed by atoms with E-state index in [2.05, 4.69) is 15.2 Å². The summed E-state index contributed by atoms with van der Waals surface area (Å²) < 4.78 is 30.9. The third kappa shape index (κ3) is 5.90. The largest absolute Gasteiger partial charge is 0.497 e. The zero-order chi connectivity index (χ0) is 15.9. The molecule has 0 saturated carbocycles. The molecule has 1 amide bonds. The summed E-state index contributed by atoms with van der Waals surface area (Å²) in [6.45, 7) is -0.393. The number of benzene rings is 1. The fraction of sp³-hybridized carbons (Fsp3) is 0.333. The van der Waals surface area contributed by atoms with E-state index in [1.807, 2.05) is 0 Å². The van der Waals surface area contributed by atoms with Crippen LogP contribution in [0.1, 0.15) is 5.56 Å². The van der Waals surface area contributed by atoms with Crippen LogP contribution in [0.5, 0.6) is 5.75 Å². The molecule has 1 rings (SSSR count). The van der Waals surface area contributed by atoms with Crippen molar-refractivity contribution in [3.05, 3.63) is 29.8 Å². The number of nitrogens with one attached hydrogen (secondary N) is 2. The zero-order valence-corrected chi connectivity index (χ0v) is 12.8. The van der Waals surface area contributed by atoms with Crippen LogP contribution in [0.3, 0.4) is 0 Å². The quantitative estimate of drug-likeness (QED) is 0.525. The van der Waals surface area contributed by atoms with E-state index in [4.69, 9.17) is 4.74 Å². The van der Waals surface area contributed by atoms with E-state index in [1.165, 1.54) is 20.3 Å². The summed E-state index contributed by atoms with van der Waals surface area (Å²) >= 11 is 0. The number of carbonyl (C=O) groups is 1. The molecular formula is C12H18N4O4S. The molecule has 0 radical (unpaired) electrons. The Labute approximate surface area is 124 Å². The summed E-state index contributed by atoms with van der Waals surface area (Å²) in [4.78, 5) is 11.4. The Morgan fingerprint density at radius 2 is 2.14 bits per heavy atom. The first-order valence-electron chi connectivity index (χ1n) is 5.98. The van der Waals surface area contributed by atoms with Crippen LogP contribution >= 0.6 is 0 Å². The Bertz CT molecular complexity index is 613. The molecule has 1 aromatic carbocycles. The number of amides is 1. The Balaban J connectivity index is 2.47. The van der Waals surface area contributed by atoms with Crippen molar-refractivity contribution in [1.82, 2.24) is 14.5 Å². The maximum atomic E-state index is 11.4. The standard InChI is InChI=1S/C12H18N4O4S/c1-16(2)21(18,19)14-9-12(17)15-13-8-10-5-4-6-11(7-10)20-3/h4-8,14H,9H2,1-3H3,(H,15,17). The summed E-state index contributed by atoms with van der Waals surface area (Å²) in [5.74, 6) is 0.101. The van der Waals surface area contributed by atoms with Gasteiger partial charge in [-0.1, -0.05) is 12.1 Å². The molecule has 9 heteroatoms. The minimum Gasteiger partial charge on any atom is -0.497 e. The van der Waals surface area contributed by atoms with Crippen molar-refractivity contribution in [3.8, 4) is 5.75 Å². The topological polar surface area (TPSA) is 100 Å². The number of nitrogens with zero attached hydrogens (tertiary/aromatic N) is 2. The normalized spacial score (nSPS) is 11.8. The Kier molecular flexibility index (Phi) is 6.28. The highest BCUT2D eigenvalue weighted by Gasteiger charge is 2.13. The third-order valence-corrected chi connectivity index (χ3v) is 3.86. The van der Waals surface area contributed by atoms with Gasteiger partial charge in [0.25, 0.3) is 16.1 Å². The fourth-order valence-corrected chi connectivity index (χ4v) is 1.80. The van der Waals surface area contributed by atoms with Gasteiger partial charge in [0.15, 0.2) is 0 Å². The minimum atomic E-state index is -3.63. The summed E-state index contributed by atoms with van der Waals surface area (Å²) in [6.07, 6.45) is 1.43. The molecule has 0 atom stereocenters. The van der Waals surface area contributed by atoms with Crippen molar-refractivity contribution in [2.75, 3.05) is 27.7 Å². The van der Waals surface area contributed by atoms with Crippen LogP contribution in [0.25, 0.3) is 0 Å². The smallest absolute Gasteiger partial charge is 0.279 e. The first-order valence-corrected chi connectivity index (χ1v) is 7.42. The monoisotopic (exact) mass is 314 g/mol. The van der Waals surface area contributed by atoms with Gasteiger partial charge in [-0.15, -0.1) is 0 Å². The average Bonchev–Trinajstić information content (AvgIpc) is 2.45. The molecule has 8 nitrogen and oxygen atoms in total. The number of carbonyl (C=O) groups excluding carboxylic acids is 1. The summed E-state index contributed by atoms with van der Waals surface area (Å²) in [5.41, 5.74) is 2.96. The van der Waals surface area contributed by atoms with Crippen LogP contribution in [0.15, 0.2) is 29.4 Å². The van der Waals surface area contributed by atoms with E-state index in [0.29, 0.717) is 5.75 Å². The summed E-state index contributed by atoms with van der Waals surface area (Å²) in [6, 6.07) is 7.09. The molecule has 0 aromatic heterocycles. The number of hydrogen-bond donors (Lipinski definition) is 2. The van der Waals surface area contributed by atoms with E-state index in [-0.39, 0.29) is 0 Å². The van der Waals surface area contributed by atoms with E-state index in [1.54, 1.807) is 31.4 Å². The highest BCUT2D eigenvalue weighted by molar-refractivity contribution is 7.87. The molecule has 2 N–H and O–H groups in total. The van der Waals surface area contributed by atoms with Gasteiger partial charge in [-0.2, -0.15) is 22.5 Å². The first-order chi connectivity index (χ1) is 9.85. The van der Waals surface area contributed by atoms with E-state index < -0.39 is 22.7 Å². The van der Waals surface area contributed by atoms with Gasteiger partial charge in [0.1, 0.15) is 5.75 Å². The molecule has 0 heterocycles. The maximum absolute atomic E-state index is 11.4. The van der Waals surface area contributed by atoms with Gasteiger partial charge in [0.05, 0.1) is 19.9 Å². The highest BCUT2D eigenvalue weighted by atomic mass is 32.2. The van der Waals surface area contributed by atoms with Crippen LogP contribution in [0.4, 0.5) is 0 Å². The number of hydrogen-bond acceptors (Lipinski definition) is 5. The van der Waals surface area contributed by atoms with E-state index in [0.717, 1.165) is 9.87 Å². The summed E-state index contributed by atoms with van der Waals surface area (Å²) in [5, 5.41) is 3.73. The van der Waals surface area contributed by atoms with Gasteiger partial charge in [-0.25, -0.2) is 5.43 Å². The van der Waals surface area contributed by atoms with E-state index >= 15 is 0 Å². The molecule has 0 saturated heterocycles. The second kappa shape index (κ2) is 7.72. The Morgan fingerprint density at radius 1 is 1.43 bits per heavy atom. The summed E-state index contributed by atoms with van der Waals surface area (Å²) in [7, 11) is 0.650. The second-order valence-electron chi connectivity index (χ2n) is 4.18. The van der Waals surface area contributed by atoms with Crippen LogP contribution in [-0.4, -0.2) is 52.6 Å². The van der Waals surface area contributed by atoms with Crippen LogP contribution in [0.2, 0.25) is 0 Å². The zero-order valence-electron chi connectivity index (χ0n) is 12.0. The highest BCUT2D eigenvalue weighted by Crippen LogP contribution is 2.10. The maximum Gasteiger partial charge on any atom is 0.279 e. The SMILES string of the molecule is COc1cccc(C=NNC(=O)CNS(=O)(=O)N(C)C)c1. The van der Waals surface area contributed by atoms with Gasteiger partial charge in [0.2, 0.25) is 0 Å². The van der Waals surface area contributed by atoms with Crippen LogP contribution in [-0.2, 0) is 15.0 Å². The minimum absolute atomic E-state index is 0.393. The van der Waals surface area contributed by atoms with Crippen molar-refractivity contribution in [3.63, 3.8) is 0 Å². The van der Waals surface area contributed by atoms with Crippen LogP contribution in [0, 0.1) is 0 Å². The van der Waals surface area contributed by atoms with Gasteiger partial charge < -0.3 is 4.74 Å². The number of rotatable bonds is 7. The van der Waals surface area contributed by atoms with E-state index in [9.17, 15) is 13.2 Å². The molecule has 0 aliphatic carbocycles. The van der Waals surface area contributed by atoms with Crippen molar-refractivity contribution in [2.45, 2.75) is 0 Å². The lowest BCUT2D eigenvalue weighted by molar-refractivity contribution is -0.119. The number of methoxy groups -OCH3 is 1. The molecule has 0 unspecified atom stereocenters. The molecule has 0 aliphatic rings. The second-order valence-corrected chi connectivity index (χ2v) is 6.15. The van der Waals surface area contributed by atoms with Crippen molar-refractivity contribution < 1.29 is 17.9 Å². The Morgan fingerprint density at radius 3 is 2.76 bits per heavy atom. The molecule has 0 spiro atoms. The molecule has 1 aromatic rings. The molecule has 0 bridgehead atoms. The van der Waals surface area contributed by atoms with Gasteiger partial charge >= 0.3 is 0 Å². The predicted octanol–water partition coefficient (Wildman–Crippen LogP) is -0.459. The van der Waals surface area contributed by atoms with Crippen LogP contribution < -0.4 is 14.9 Å². The lowest BCUT2D eigenvalue weighted by atomic mass is 10.2. The van der Waals surface area contributed by atoms with Crippen molar-refractivity contribution in [2.24, 2.45) is 5.10 Å². The molecular weight excluding hydrogens is 296 g/mol. The number of ether oxygens (including phenoxy) is 1. The predicted molar refractivity (Wildman–Crippen MR) is 79.3 cm³/mol. The molecule has 0 aliphatic heterocycles. The third-order valence-electron chi connectivity index (χ3n) is 2.39. The van der Waals surface area contributed by atoms with Crippen molar-refractivity contribution in [1.29, 1.82) is 0 Å². The average molecular weight is 314 g/mol. The van der Waals surface area contributed by atoms with Gasteiger partial charge in [-0.3, -0.25) is 4.79 Å². The molecule has 21 heavy (non-hydrogen) atoms. The molecule has 0 fully saturated rings.